The van der Waals surface area contributed by atoms with E-state index in [0.717, 1.165) is 24.7 Å². The van der Waals surface area contributed by atoms with Crippen molar-refractivity contribution in [3.8, 4) is 0 Å². The maximum atomic E-state index is 11.9. The minimum Gasteiger partial charge on any atom is -0.481 e. The minimum absolute atomic E-state index is 0.339. The highest BCUT2D eigenvalue weighted by atomic mass is 32.2. The summed E-state index contributed by atoms with van der Waals surface area (Å²) in [5, 5.41) is 8.19. The molecule has 0 radical (unpaired) electrons. The highest BCUT2D eigenvalue weighted by molar-refractivity contribution is 7.95. The van der Waals surface area contributed by atoms with E-state index in [2.05, 4.69) is 0 Å². The molecule has 0 atom stereocenters. The number of carboxylic acids is 1. The molecule has 1 aliphatic heterocycles. The fourth-order valence-electron chi connectivity index (χ4n) is 1.72. The Kier molecular flexibility index (Phi) is 4.29. The summed E-state index contributed by atoms with van der Waals surface area (Å²) in [5.74, 6) is -1.36. The molecule has 1 aliphatic carbocycles. The van der Waals surface area contributed by atoms with E-state index in [1.165, 1.54) is 6.26 Å². The van der Waals surface area contributed by atoms with Crippen molar-refractivity contribution >= 4 is 15.8 Å². The summed E-state index contributed by atoms with van der Waals surface area (Å²) >= 11 is 0. The molecule has 0 spiro atoms. The number of hydrogen-bond donors (Lipinski definition) is 1. The Morgan fingerprint density at radius 1 is 1.35 bits per heavy atom. The zero-order valence-corrected chi connectivity index (χ0v) is 11.4. The summed E-state index contributed by atoms with van der Waals surface area (Å²) < 4.78 is 34.2. The van der Waals surface area contributed by atoms with Gasteiger partial charge in [-0.05, 0) is 18.4 Å². The van der Waals surface area contributed by atoms with Gasteiger partial charge in [-0.2, -0.15) is 0 Å². The Balaban J connectivity index is 2.08. The summed E-state index contributed by atoms with van der Waals surface area (Å²) in [4.78, 5) is 10.5. The van der Waals surface area contributed by atoms with Crippen molar-refractivity contribution in [3.05, 3.63) is 47.2 Å². The number of rotatable bonds is 5. The van der Waals surface area contributed by atoms with E-state index in [9.17, 15) is 13.2 Å². The van der Waals surface area contributed by atoms with Gasteiger partial charge in [0.1, 0.15) is 12.5 Å². The third-order valence-corrected chi connectivity index (χ3v) is 4.31. The predicted molar refractivity (Wildman–Crippen MR) is 70.8 cm³/mol. The molecular formula is C13H14O6S. The molecule has 0 unspecified atom stereocenters. The molecule has 0 aromatic rings. The zero-order valence-electron chi connectivity index (χ0n) is 10.6. The number of hydrogen-bond acceptors (Lipinski definition) is 5. The van der Waals surface area contributed by atoms with Gasteiger partial charge >= 0.3 is 5.97 Å². The first-order valence-electron chi connectivity index (χ1n) is 6.03. The van der Waals surface area contributed by atoms with Gasteiger partial charge in [0, 0.05) is 0 Å². The molecule has 0 amide bonds. The molecule has 0 fully saturated rings. The number of carboxylic acid groups (broad SMARTS) is 1. The first-order valence-corrected chi connectivity index (χ1v) is 7.68. The third kappa shape index (κ3) is 3.51. The van der Waals surface area contributed by atoms with Gasteiger partial charge in [-0.3, -0.25) is 4.79 Å². The number of sulfone groups is 1. The Morgan fingerprint density at radius 2 is 2.15 bits per heavy atom. The largest absolute Gasteiger partial charge is 0.481 e. The van der Waals surface area contributed by atoms with Gasteiger partial charge in [0.2, 0.25) is 9.84 Å². The quantitative estimate of drug-likeness (QED) is 0.833. The monoisotopic (exact) mass is 298 g/mol. The van der Waals surface area contributed by atoms with Gasteiger partial charge in [0.05, 0.1) is 12.2 Å². The summed E-state index contributed by atoms with van der Waals surface area (Å²) in [7, 11) is -3.80. The molecule has 1 heterocycles. The van der Waals surface area contributed by atoms with E-state index in [1.54, 1.807) is 0 Å². The van der Waals surface area contributed by atoms with E-state index >= 15 is 0 Å². The molecule has 0 saturated carbocycles. The maximum absolute atomic E-state index is 11.9. The van der Waals surface area contributed by atoms with Crippen molar-refractivity contribution in [2.24, 2.45) is 0 Å². The third-order valence-electron chi connectivity index (χ3n) is 2.77. The first-order chi connectivity index (χ1) is 9.49. The van der Waals surface area contributed by atoms with Crippen LogP contribution in [-0.4, -0.2) is 25.2 Å². The number of allylic oxidation sites excluding steroid dienone is 4. The molecule has 6 nitrogen and oxygen atoms in total. The van der Waals surface area contributed by atoms with Crippen LogP contribution in [0.4, 0.5) is 0 Å². The normalized spacial score (nSPS) is 18.3. The van der Waals surface area contributed by atoms with Crippen LogP contribution in [0.25, 0.3) is 0 Å². The van der Waals surface area contributed by atoms with Crippen molar-refractivity contribution < 1.29 is 27.8 Å². The van der Waals surface area contributed by atoms with Crippen LogP contribution < -0.4 is 0 Å². The van der Waals surface area contributed by atoms with Crippen molar-refractivity contribution in [1.29, 1.82) is 0 Å². The molecule has 0 aromatic heterocycles. The summed E-state index contributed by atoms with van der Waals surface area (Å²) in [6.07, 6.45) is 9.08. The van der Waals surface area contributed by atoms with Crippen molar-refractivity contribution in [3.63, 3.8) is 0 Å². The van der Waals surface area contributed by atoms with E-state index in [0.29, 0.717) is 5.76 Å². The number of ether oxygens (including phenoxy) is 2. The lowest BCUT2D eigenvalue weighted by molar-refractivity contribution is -0.136. The van der Waals surface area contributed by atoms with Crippen LogP contribution in [0.3, 0.4) is 0 Å². The minimum atomic E-state index is -3.80. The summed E-state index contributed by atoms with van der Waals surface area (Å²) in [6, 6.07) is 0. The Labute approximate surface area is 116 Å². The van der Waals surface area contributed by atoms with Crippen molar-refractivity contribution in [2.75, 3.05) is 5.75 Å². The van der Waals surface area contributed by atoms with E-state index < -0.39 is 28.0 Å². The average molecular weight is 298 g/mol. The second kappa shape index (κ2) is 5.96. The van der Waals surface area contributed by atoms with E-state index in [4.69, 9.17) is 14.6 Å². The van der Waals surface area contributed by atoms with Gasteiger partial charge in [-0.1, -0.05) is 18.2 Å². The number of aliphatic carboxylic acids is 1. The fourth-order valence-corrected chi connectivity index (χ4v) is 2.78. The lowest BCUT2D eigenvalue weighted by Crippen LogP contribution is -2.17. The van der Waals surface area contributed by atoms with Crippen LogP contribution in [0.15, 0.2) is 47.2 Å². The first kappa shape index (κ1) is 14.4. The smallest absolute Gasteiger partial charge is 0.304 e. The second-order valence-corrected chi connectivity index (χ2v) is 6.32. The topological polar surface area (TPSA) is 89.9 Å². The lowest BCUT2D eigenvalue weighted by Gasteiger charge is -2.19. The number of carbonyl (C=O) groups is 1. The van der Waals surface area contributed by atoms with E-state index in [1.807, 2.05) is 18.2 Å². The van der Waals surface area contributed by atoms with Crippen LogP contribution in [0, 0.1) is 0 Å². The maximum Gasteiger partial charge on any atom is 0.304 e. The zero-order chi connectivity index (χ0) is 14.6. The van der Waals surface area contributed by atoms with Crippen LogP contribution in [0.1, 0.15) is 19.3 Å². The molecular weight excluding hydrogens is 284 g/mol. The van der Waals surface area contributed by atoms with Crippen molar-refractivity contribution in [1.82, 2.24) is 0 Å². The second-order valence-electron chi connectivity index (χ2n) is 4.28. The van der Waals surface area contributed by atoms with Gasteiger partial charge in [0.15, 0.2) is 5.76 Å². The van der Waals surface area contributed by atoms with Crippen LogP contribution in [0.5, 0.6) is 0 Å². The predicted octanol–water partition coefficient (Wildman–Crippen LogP) is 1.84. The molecule has 1 N–H and O–H groups in total. The molecule has 0 saturated heterocycles. The average Bonchev–Trinajstić information content (AvgIpc) is 2.46. The SMILES string of the molecule is O=C(O)CCS(=O)(=O)C1=COC=C(C2=CC=CCC2)O1. The molecule has 0 aromatic carbocycles. The van der Waals surface area contributed by atoms with Crippen LogP contribution in [0.2, 0.25) is 0 Å². The summed E-state index contributed by atoms with van der Waals surface area (Å²) in [6.45, 7) is 0. The standard InChI is InChI=1S/C13H14O6S/c14-12(15)6-7-20(16,17)13-9-18-8-11(19-13)10-4-2-1-3-5-10/h1-2,4,8-9H,3,5-7H2,(H,14,15). The van der Waals surface area contributed by atoms with Gasteiger partial charge in [-0.15, -0.1) is 0 Å². The van der Waals surface area contributed by atoms with Crippen LogP contribution >= 0.6 is 0 Å². The van der Waals surface area contributed by atoms with Gasteiger partial charge in [0.25, 0.3) is 5.09 Å². The van der Waals surface area contributed by atoms with Crippen molar-refractivity contribution in [2.45, 2.75) is 19.3 Å². The highest BCUT2D eigenvalue weighted by Crippen LogP contribution is 2.28. The molecule has 0 bridgehead atoms. The molecule has 7 heteroatoms. The van der Waals surface area contributed by atoms with Crippen LogP contribution in [-0.2, 0) is 24.1 Å². The molecule has 2 aliphatic rings. The Bertz CT molecular complexity index is 621. The highest BCUT2D eigenvalue weighted by Gasteiger charge is 2.26. The lowest BCUT2D eigenvalue weighted by atomic mass is 10.0. The van der Waals surface area contributed by atoms with Gasteiger partial charge in [-0.25, -0.2) is 8.42 Å². The van der Waals surface area contributed by atoms with Gasteiger partial charge < -0.3 is 14.6 Å². The fraction of sp³-hybridized carbons (Fsp3) is 0.308. The Morgan fingerprint density at radius 3 is 2.80 bits per heavy atom. The molecule has 108 valence electrons. The van der Waals surface area contributed by atoms with E-state index in [-0.39, 0.29) is 5.09 Å². The Hall–Kier alpha value is -2.02. The molecule has 2 rings (SSSR count). The molecule has 20 heavy (non-hydrogen) atoms. The summed E-state index contributed by atoms with van der Waals surface area (Å²) in [5.41, 5.74) is 0.839.